The Balaban J connectivity index is 1.97. The number of rotatable bonds is 5. The summed E-state index contributed by atoms with van der Waals surface area (Å²) in [6, 6.07) is 0. The number of likely N-dealkylation sites (tertiary alicyclic amines) is 1. The van der Waals surface area contributed by atoms with Crippen LogP contribution in [0, 0.1) is 5.92 Å². The van der Waals surface area contributed by atoms with Gasteiger partial charge in [-0.05, 0) is 58.7 Å². The van der Waals surface area contributed by atoms with Crippen molar-refractivity contribution in [2.45, 2.75) is 32.6 Å². The van der Waals surface area contributed by atoms with Crippen molar-refractivity contribution in [2.24, 2.45) is 5.92 Å². The van der Waals surface area contributed by atoms with E-state index in [0.29, 0.717) is 6.61 Å². The highest BCUT2D eigenvalue weighted by molar-refractivity contribution is 5.66. The maximum atomic E-state index is 11.0. The van der Waals surface area contributed by atoms with E-state index in [1.807, 2.05) is 6.92 Å². The van der Waals surface area contributed by atoms with Crippen molar-refractivity contribution in [3.8, 4) is 0 Å². The van der Waals surface area contributed by atoms with Crippen LogP contribution in [0.2, 0.25) is 0 Å². The van der Waals surface area contributed by atoms with Gasteiger partial charge < -0.3 is 15.0 Å². The Morgan fingerprint density at radius 2 is 2.12 bits per heavy atom. The molecule has 1 aliphatic rings. The van der Waals surface area contributed by atoms with Gasteiger partial charge in [0.25, 0.3) is 0 Å². The number of piperidine rings is 1. The summed E-state index contributed by atoms with van der Waals surface area (Å²) in [6.07, 6.45) is 4.60. The quantitative estimate of drug-likeness (QED) is 0.730. The largest absolute Gasteiger partial charge is 0.450 e. The van der Waals surface area contributed by atoms with E-state index >= 15 is 0 Å². The molecule has 1 fully saturated rings. The molecule has 4 nitrogen and oxygen atoms in total. The van der Waals surface area contributed by atoms with E-state index in [0.717, 1.165) is 18.9 Å². The third kappa shape index (κ3) is 5.35. The highest BCUT2D eigenvalue weighted by Crippen LogP contribution is 2.20. The number of amides is 1. The van der Waals surface area contributed by atoms with E-state index in [-0.39, 0.29) is 6.09 Å². The van der Waals surface area contributed by atoms with Gasteiger partial charge in [0.05, 0.1) is 6.61 Å². The summed E-state index contributed by atoms with van der Waals surface area (Å²) in [5, 5.41) is 2.76. The second-order valence-electron chi connectivity index (χ2n) is 4.54. The molecule has 0 aromatic heterocycles. The molecule has 1 N–H and O–H groups in total. The molecule has 0 unspecified atom stereocenters. The van der Waals surface area contributed by atoms with Crippen LogP contribution in [-0.2, 0) is 4.74 Å². The molecule has 1 rings (SSSR count). The van der Waals surface area contributed by atoms with Crippen molar-refractivity contribution in [1.29, 1.82) is 0 Å². The Morgan fingerprint density at radius 1 is 1.44 bits per heavy atom. The van der Waals surface area contributed by atoms with E-state index < -0.39 is 0 Å². The van der Waals surface area contributed by atoms with Crippen LogP contribution in [0.25, 0.3) is 0 Å². The topological polar surface area (TPSA) is 41.6 Å². The Kier molecular flexibility index (Phi) is 6.23. The summed E-state index contributed by atoms with van der Waals surface area (Å²) in [4.78, 5) is 13.4. The zero-order chi connectivity index (χ0) is 11.8. The lowest BCUT2D eigenvalue weighted by Crippen LogP contribution is -2.31. The van der Waals surface area contributed by atoms with Crippen molar-refractivity contribution in [1.82, 2.24) is 10.2 Å². The van der Waals surface area contributed by atoms with Gasteiger partial charge in [0.15, 0.2) is 0 Å². The predicted octanol–water partition coefficient (Wildman–Crippen LogP) is 1.85. The number of alkyl carbamates (subject to hydrolysis) is 1. The fourth-order valence-corrected chi connectivity index (χ4v) is 2.11. The Morgan fingerprint density at radius 3 is 2.75 bits per heavy atom. The molecule has 94 valence electrons. The van der Waals surface area contributed by atoms with Crippen LogP contribution in [-0.4, -0.2) is 44.3 Å². The van der Waals surface area contributed by atoms with Crippen molar-refractivity contribution < 1.29 is 9.53 Å². The molecule has 0 radical (unpaired) electrons. The van der Waals surface area contributed by atoms with Gasteiger partial charge in [-0.3, -0.25) is 0 Å². The molecule has 1 aliphatic heterocycles. The second kappa shape index (κ2) is 7.49. The van der Waals surface area contributed by atoms with E-state index in [1.54, 1.807) is 0 Å². The first-order valence-electron chi connectivity index (χ1n) is 6.31. The number of ether oxygens (including phenoxy) is 1. The first kappa shape index (κ1) is 13.3. The van der Waals surface area contributed by atoms with E-state index in [4.69, 9.17) is 4.74 Å². The van der Waals surface area contributed by atoms with Crippen LogP contribution in [0.3, 0.4) is 0 Å². The zero-order valence-electron chi connectivity index (χ0n) is 10.5. The first-order chi connectivity index (χ1) is 7.72. The Bertz CT molecular complexity index is 201. The molecule has 1 amide bonds. The molecule has 16 heavy (non-hydrogen) atoms. The number of hydrogen-bond acceptors (Lipinski definition) is 3. The second-order valence-corrected chi connectivity index (χ2v) is 4.54. The zero-order valence-corrected chi connectivity index (χ0v) is 10.5. The minimum absolute atomic E-state index is 0.286. The SMILES string of the molecule is CCOC(=O)NCCCC1CCN(C)CC1. The lowest BCUT2D eigenvalue weighted by atomic mass is 9.92. The summed E-state index contributed by atoms with van der Waals surface area (Å²) in [5.74, 6) is 0.847. The molecular weight excluding hydrogens is 204 g/mol. The third-order valence-electron chi connectivity index (χ3n) is 3.17. The van der Waals surface area contributed by atoms with Crippen LogP contribution >= 0.6 is 0 Å². The average molecular weight is 228 g/mol. The van der Waals surface area contributed by atoms with E-state index in [9.17, 15) is 4.79 Å². The van der Waals surface area contributed by atoms with Gasteiger partial charge in [-0.2, -0.15) is 0 Å². The molecule has 0 spiro atoms. The number of carbonyl (C=O) groups excluding carboxylic acids is 1. The standard InChI is InChI=1S/C12H24N2O2/c1-3-16-12(15)13-8-4-5-11-6-9-14(2)10-7-11/h11H,3-10H2,1-2H3,(H,13,15). The Labute approximate surface area is 98.3 Å². The molecule has 1 saturated heterocycles. The molecular formula is C12H24N2O2. The van der Waals surface area contributed by atoms with Gasteiger partial charge in [0.1, 0.15) is 0 Å². The summed E-state index contributed by atoms with van der Waals surface area (Å²) in [5.41, 5.74) is 0. The van der Waals surface area contributed by atoms with Gasteiger partial charge in [-0.15, -0.1) is 0 Å². The van der Waals surface area contributed by atoms with Crippen molar-refractivity contribution >= 4 is 6.09 Å². The van der Waals surface area contributed by atoms with Crippen molar-refractivity contribution in [3.05, 3.63) is 0 Å². The summed E-state index contributed by atoms with van der Waals surface area (Å²) in [6.45, 7) is 5.44. The van der Waals surface area contributed by atoms with Crippen molar-refractivity contribution in [3.63, 3.8) is 0 Å². The van der Waals surface area contributed by atoms with E-state index in [2.05, 4.69) is 17.3 Å². The highest BCUT2D eigenvalue weighted by atomic mass is 16.5. The van der Waals surface area contributed by atoms with Crippen LogP contribution in [0.4, 0.5) is 4.79 Å². The predicted molar refractivity (Wildman–Crippen MR) is 64.5 cm³/mol. The number of nitrogens with one attached hydrogen (secondary N) is 1. The lowest BCUT2D eigenvalue weighted by molar-refractivity contribution is 0.151. The molecule has 0 atom stereocenters. The smallest absolute Gasteiger partial charge is 0.407 e. The Hall–Kier alpha value is -0.770. The number of hydrogen-bond donors (Lipinski definition) is 1. The molecule has 0 saturated carbocycles. The number of nitrogens with zero attached hydrogens (tertiary/aromatic N) is 1. The van der Waals surface area contributed by atoms with Gasteiger partial charge in [0, 0.05) is 6.54 Å². The van der Waals surface area contributed by atoms with E-state index in [1.165, 1.54) is 32.4 Å². The minimum Gasteiger partial charge on any atom is -0.450 e. The fourth-order valence-electron chi connectivity index (χ4n) is 2.11. The monoisotopic (exact) mass is 228 g/mol. The molecule has 0 aromatic rings. The van der Waals surface area contributed by atoms with Crippen LogP contribution in [0.1, 0.15) is 32.6 Å². The summed E-state index contributed by atoms with van der Waals surface area (Å²) >= 11 is 0. The molecule has 4 heteroatoms. The van der Waals surface area contributed by atoms with Gasteiger partial charge in [-0.25, -0.2) is 4.79 Å². The maximum Gasteiger partial charge on any atom is 0.407 e. The summed E-state index contributed by atoms with van der Waals surface area (Å²) < 4.78 is 4.79. The van der Waals surface area contributed by atoms with Gasteiger partial charge in [0.2, 0.25) is 0 Å². The number of carbonyl (C=O) groups is 1. The van der Waals surface area contributed by atoms with Crippen molar-refractivity contribution in [2.75, 3.05) is 33.3 Å². The van der Waals surface area contributed by atoms with Crippen LogP contribution < -0.4 is 5.32 Å². The normalized spacial score (nSPS) is 18.4. The third-order valence-corrected chi connectivity index (χ3v) is 3.17. The van der Waals surface area contributed by atoms with Crippen LogP contribution in [0.15, 0.2) is 0 Å². The fraction of sp³-hybridized carbons (Fsp3) is 0.917. The maximum absolute atomic E-state index is 11.0. The molecule has 0 bridgehead atoms. The summed E-state index contributed by atoms with van der Waals surface area (Å²) in [7, 11) is 2.18. The highest BCUT2D eigenvalue weighted by Gasteiger charge is 2.15. The molecule has 1 heterocycles. The lowest BCUT2D eigenvalue weighted by Gasteiger charge is -2.28. The molecule has 0 aliphatic carbocycles. The van der Waals surface area contributed by atoms with Crippen LogP contribution in [0.5, 0.6) is 0 Å². The van der Waals surface area contributed by atoms with Gasteiger partial charge >= 0.3 is 6.09 Å². The minimum atomic E-state index is -0.286. The average Bonchev–Trinajstić information content (AvgIpc) is 2.27. The first-order valence-corrected chi connectivity index (χ1v) is 6.31. The van der Waals surface area contributed by atoms with Gasteiger partial charge in [-0.1, -0.05) is 0 Å². The molecule has 0 aromatic carbocycles.